The molecule has 1 aromatic carbocycles. The first-order chi connectivity index (χ1) is 8.45. The lowest BCUT2D eigenvalue weighted by molar-refractivity contribution is 0.813. The molecule has 96 valence electrons. The average molecular weight is 260 g/mol. The van der Waals surface area contributed by atoms with Gasteiger partial charge in [-0.05, 0) is 37.5 Å². The lowest BCUT2D eigenvalue weighted by atomic mass is 10.0. The maximum Gasteiger partial charge on any atom is 0.174 e. The molecular formula is C15H20N2S. The van der Waals surface area contributed by atoms with Gasteiger partial charge in [0.25, 0.3) is 0 Å². The number of hydrogen-bond acceptors (Lipinski definition) is 1. The molecule has 0 spiro atoms. The minimum absolute atomic E-state index is 0.457. The van der Waals surface area contributed by atoms with Crippen molar-refractivity contribution >= 4 is 12.2 Å². The SMILES string of the molecule is Cc1cc(C)cc(Cc2[nH]c(=S)[nH]c2C(C)C)c1. The van der Waals surface area contributed by atoms with E-state index in [0.29, 0.717) is 5.92 Å². The van der Waals surface area contributed by atoms with E-state index in [0.717, 1.165) is 11.2 Å². The van der Waals surface area contributed by atoms with Gasteiger partial charge in [0.1, 0.15) is 0 Å². The molecule has 0 aliphatic rings. The lowest BCUT2D eigenvalue weighted by Crippen LogP contribution is -1.97. The average Bonchev–Trinajstić information content (AvgIpc) is 2.57. The molecule has 0 fully saturated rings. The normalized spacial score (nSPS) is 11.2. The Morgan fingerprint density at radius 3 is 2.22 bits per heavy atom. The summed E-state index contributed by atoms with van der Waals surface area (Å²) in [6, 6.07) is 6.67. The number of aromatic amines is 2. The first kappa shape index (κ1) is 13.1. The summed E-state index contributed by atoms with van der Waals surface area (Å²) in [6.45, 7) is 8.64. The van der Waals surface area contributed by atoms with Crippen LogP contribution < -0.4 is 0 Å². The Balaban J connectivity index is 2.36. The Morgan fingerprint density at radius 1 is 1.06 bits per heavy atom. The molecule has 0 unspecified atom stereocenters. The van der Waals surface area contributed by atoms with E-state index in [4.69, 9.17) is 12.2 Å². The van der Waals surface area contributed by atoms with Crippen molar-refractivity contribution in [2.24, 2.45) is 0 Å². The molecule has 0 saturated carbocycles. The quantitative estimate of drug-likeness (QED) is 0.787. The molecule has 2 aromatic rings. The Bertz CT molecular complexity index is 585. The van der Waals surface area contributed by atoms with Crippen LogP contribution >= 0.6 is 12.2 Å². The molecule has 2 rings (SSSR count). The minimum atomic E-state index is 0.457. The number of rotatable bonds is 3. The van der Waals surface area contributed by atoms with E-state index in [9.17, 15) is 0 Å². The highest BCUT2D eigenvalue weighted by molar-refractivity contribution is 7.71. The van der Waals surface area contributed by atoms with Crippen LogP contribution in [0.3, 0.4) is 0 Å². The van der Waals surface area contributed by atoms with Crippen molar-refractivity contribution in [3.05, 3.63) is 51.0 Å². The van der Waals surface area contributed by atoms with E-state index >= 15 is 0 Å². The first-order valence-electron chi connectivity index (χ1n) is 6.34. The molecular weight excluding hydrogens is 240 g/mol. The van der Waals surface area contributed by atoms with Gasteiger partial charge < -0.3 is 9.97 Å². The van der Waals surface area contributed by atoms with Crippen molar-refractivity contribution in [3.8, 4) is 0 Å². The van der Waals surface area contributed by atoms with Crippen LogP contribution in [0.1, 0.15) is 47.8 Å². The van der Waals surface area contributed by atoms with Gasteiger partial charge >= 0.3 is 0 Å². The summed E-state index contributed by atoms with van der Waals surface area (Å²) in [7, 11) is 0. The van der Waals surface area contributed by atoms with E-state index in [-0.39, 0.29) is 0 Å². The van der Waals surface area contributed by atoms with Gasteiger partial charge in [0, 0.05) is 17.8 Å². The molecule has 1 heterocycles. The van der Waals surface area contributed by atoms with Crippen molar-refractivity contribution in [3.63, 3.8) is 0 Å². The molecule has 0 amide bonds. The van der Waals surface area contributed by atoms with Gasteiger partial charge in [0.2, 0.25) is 0 Å². The first-order valence-corrected chi connectivity index (χ1v) is 6.74. The van der Waals surface area contributed by atoms with Crippen LogP contribution in [-0.4, -0.2) is 9.97 Å². The van der Waals surface area contributed by atoms with Crippen molar-refractivity contribution in [2.75, 3.05) is 0 Å². The maximum absolute atomic E-state index is 5.20. The third-order valence-electron chi connectivity index (χ3n) is 3.08. The summed E-state index contributed by atoms with van der Waals surface area (Å²) in [5.41, 5.74) is 6.38. The molecule has 0 saturated heterocycles. The molecule has 0 atom stereocenters. The second kappa shape index (κ2) is 5.11. The highest BCUT2D eigenvalue weighted by Crippen LogP contribution is 2.20. The summed E-state index contributed by atoms with van der Waals surface area (Å²) in [5.74, 6) is 0.457. The van der Waals surface area contributed by atoms with Crippen molar-refractivity contribution in [2.45, 2.75) is 40.0 Å². The van der Waals surface area contributed by atoms with Crippen LogP contribution in [-0.2, 0) is 6.42 Å². The monoisotopic (exact) mass is 260 g/mol. The summed E-state index contributed by atoms with van der Waals surface area (Å²) in [6.07, 6.45) is 0.906. The van der Waals surface area contributed by atoms with Gasteiger partial charge in [-0.25, -0.2) is 0 Å². The number of benzene rings is 1. The zero-order valence-corrected chi connectivity index (χ0v) is 12.2. The molecule has 0 radical (unpaired) electrons. The number of hydrogen-bond donors (Lipinski definition) is 2. The molecule has 1 aromatic heterocycles. The number of imidazole rings is 1. The number of aromatic nitrogens is 2. The van der Waals surface area contributed by atoms with Gasteiger partial charge in [-0.2, -0.15) is 0 Å². The summed E-state index contributed by atoms with van der Waals surface area (Å²) in [4.78, 5) is 6.53. The second-order valence-electron chi connectivity index (χ2n) is 5.30. The summed E-state index contributed by atoms with van der Waals surface area (Å²) in [5, 5.41) is 0. The van der Waals surface area contributed by atoms with E-state index in [1.807, 2.05) is 0 Å². The van der Waals surface area contributed by atoms with E-state index in [1.54, 1.807) is 0 Å². The predicted molar refractivity (Wildman–Crippen MR) is 78.8 cm³/mol. The van der Waals surface area contributed by atoms with Crippen LogP contribution in [0.15, 0.2) is 18.2 Å². The van der Waals surface area contributed by atoms with Gasteiger partial charge in [-0.3, -0.25) is 0 Å². The Morgan fingerprint density at radius 2 is 1.67 bits per heavy atom. The fourth-order valence-corrected chi connectivity index (χ4v) is 2.67. The van der Waals surface area contributed by atoms with Gasteiger partial charge in [-0.15, -0.1) is 0 Å². The van der Waals surface area contributed by atoms with Gasteiger partial charge in [0.15, 0.2) is 4.77 Å². The summed E-state index contributed by atoms with van der Waals surface area (Å²) >= 11 is 5.20. The molecule has 3 heteroatoms. The molecule has 0 aliphatic carbocycles. The largest absolute Gasteiger partial charge is 0.334 e. The third kappa shape index (κ3) is 2.91. The topological polar surface area (TPSA) is 31.6 Å². The van der Waals surface area contributed by atoms with Crippen LogP contribution in [0.5, 0.6) is 0 Å². The van der Waals surface area contributed by atoms with Crippen molar-refractivity contribution in [1.82, 2.24) is 9.97 Å². The molecule has 0 bridgehead atoms. The van der Waals surface area contributed by atoms with E-state index < -0.39 is 0 Å². The molecule has 2 N–H and O–H groups in total. The minimum Gasteiger partial charge on any atom is -0.334 e. The van der Waals surface area contributed by atoms with Crippen molar-refractivity contribution < 1.29 is 0 Å². The van der Waals surface area contributed by atoms with Crippen molar-refractivity contribution in [1.29, 1.82) is 0 Å². The smallest absolute Gasteiger partial charge is 0.174 e. The van der Waals surface area contributed by atoms with Gasteiger partial charge in [-0.1, -0.05) is 43.2 Å². The number of aryl methyl sites for hydroxylation is 2. The zero-order chi connectivity index (χ0) is 13.3. The fraction of sp³-hybridized carbons (Fsp3) is 0.400. The standard InChI is InChI=1S/C15H20N2S/c1-9(2)14-13(16-15(18)17-14)8-12-6-10(3)5-11(4)7-12/h5-7,9H,8H2,1-4H3,(H2,16,17,18). The number of nitrogens with one attached hydrogen (secondary N) is 2. The zero-order valence-electron chi connectivity index (χ0n) is 11.4. The Kier molecular flexibility index (Phi) is 3.71. The van der Waals surface area contributed by atoms with E-state index in [2.05, 4.69) is 55.9 Å². The third-order valence-corrected chi connectivity index (χ3v) is 3.28. The predicted octanol–water partition coefficient (Wildman–Crippen LogP) is 4.40. The number of H-pyrrole nitrogens is 2. The van der Waals surface area contributed by atoms with Gasteiger partial charge in [0.05, 0.1) is 0 Å². The summed E-state index contributed by atoms with van der Waals surface area (Å²) < 4.78 is 0.720. The molecule has 18 heavy (non-hydrogen) atoms. The van der Waals surface area contributed by atoms with Crippen LogP contribution in [0.2, 0.25) is 0 Å². The highest BCUT2D eigenvalue weighted by Gasteiger charge is 2.10. The Hall–Kier alpha value is -1.35. The molecule has 2 nitrogen and oxygen atoms in total. The van der Waals surface area contributed by atoms with Crippen LogP contribution in [0.25, 0.3) is 0 Å². The molecule has 0 aliphatic heterocycles. The van der Waals surface area contributed by atoms with Crippen LogP contribution in [0, 0.1) is 18.6 Å². The fourth-order valence-electron chi connectivity index (χ4n) is 2.44. The second-order valence-corrected chi connectivity index (χ2v) is 5.71. The van der Waals surface area contributed by atoms with Crippen LogP contribution in [0.4, 0.5) is 0 Å². The Labute approximate surface area is 113 Å². The highest BCUT2D eigenvalue weighted by atomic mass is 32.1. The lowest BCUT2D eigenvalue weighted by Gasteiger charge is -2.08. The maximum atomic E-state index is 5.20. The van der Waals surface area contributed by atoms with E-state index in [1.165, 1.54) is 28.1 Å².